The molecule has 2 aromatic rings. The average molecular weight is 391 g/mol. The fraction of sp³-hybridized carbons (Fsp3) is 0.143. The summed E-state index contributed by atoms with van der Waals surface area (Å²) >= 11 is 13.0. The molecule has 0 bridgehead atoms. The van der Waals surface area contributed by atoms with Crippen LogP contribution in [0.4, 0.5) is 0 Å². The van der Waals surface area contributed by atoms with Crippen LogP contribution in [0, 0.1) is 6.92 Å². The van der Waals surface area contributed by atoms with Gasteiger partial charge in [0.05, 0.1) is 4.47 Å². The summed E-state index contributed by atoms with van der Waals surface area (Å²) in [5, 5.41) is 0.701. The van der Waals surface area contributed by atoms with E-state index in [0.29, 0.717) is 11.6 Å². The largest absolute Gasteiger partial charge is 0.488 e. The zero-order chi connectivity index (χ0) is 13.1. The molecule has 94 valence electrons. The summed E-state index contributed by atoms with van der Waals surface area (Å²) in [5.74, 6) is 0.819. The Balaban J connectivity index is 2.11. The second kappa shape index (κ2) is 6.09. The molecule has 0 fully saturated rings. The maximum atomic E-state index is 6.14. The minimum Gasteiger partial charge on any atom is -0.488 e. The van der Waals surface area contributed by atoms with Gasteiger partial charge in [0.2, 0.25) is 0 Å². The van der Waals surface area contributed by atoms with E-state index in [4.69, 9.17) is 16.3 Å². The van der Waals surface area contributed by atoms with Crippen molar-refractivity contribution in [3.8, 4) is 5.75 Å². The summed E-state index contributed by atoms with van der Waals surface area (Å²) < 4.78 is 7.67. The number of aryl methyl sites for hydroxylation is 1. The number of ether oxygens (including phenoxy) is 1. The van der Waals surface area contributed by atoms with E-state index in [2.05, 4.69) is 31.9 Å². The Morgan fingerprint density at radius 1 is 1.11 bits per heavy atom. The lowest BCUT2D eigenvalue weighted by Crippen LogP contribution is -1.97. The van der Waals surface area contributed by atoms with Gasteiger partial charge in [-0.1, -0.05) is 39.7 Å². The van der Waals surface area contributed by atoms with Gasteiger partial charge in [-0.25, -0.2) is 0 Å². The molecule has 0 radical (unpaired) electrons. The lowest BCUT2D eigenvalue weighted by Gasteiger charge is -2.10. The highest BCUT2D eigenvalue weighted by molar-refractivity contribution is 9.10. The Morgan fingerprint density at radius 3 is 2.56 bits per heavy atom. The monoisotopic (exact) mass is 388 g/mol. The smallest absolute Gasteiger partial charge is 0.134 e. The highest BCUT2D eigenvalue weighted by atomic mass is 79.9. The van der Waals surface area contributed by atoms with Crippen molar-refractivity contribution in [2.24, 2.45) is 0 Å². The van der Waals surface area contributed by atoms with Crippen LogP contribution in [0.15, 0.2) is 45.3 Å². The van der Waals surface area contributed by atoms with Gasteiger partial charge in [-0.2, -0.15) is 0 Å². The van der Waals surface area contributed by atoms with Gasteiger partial charge in [-0.05, 0) is 52.7 Å². The van der Waals surface area contributed by atoms with Crippen LogP contribution in [0.2, 0.25) is 5.02 Å². The molecule has 0 unspecified atom stereocenters. The van der Waals surface area contributed by atoms with Gasteiger partial charge in [0.1, 0.15) is 12.4 Å². The molecule has 0 aliphatic heterocycles. The zero-order valence-electron chi connectivity index (χ0n) is 9.71. The maximum absolute atomic E-state index is 6.14. The van der Waals surface area contributed by atoms with Crippen LogP contribution >= 0.6 is 43.5 Å². The van der Waals surface area contributed by atoms with E-state index in [1.54, 1.807) is 0 Å². The number of benzene rings is 2. The topological polar surface area (TPSA) is 9.23 Å². The van der Waals surface area contributed by atoms with Gasteiger partial charge in [-0.15, -0.1) is 0 Å². The molecule has 0 N–H and O–H groups in total. The van der Waals surface area contributed by atoms with E-state index in [0.717, 1.165) is 20.3 Å². The molecule has 0 spiro atoms. The zero-order valence-corrected chi connectivity index (χ0v) is 13.6. The molecule has 0 aliphatic carbocycles. The van der Waals surface area contributed by atoms with Crippen LogP contribution in [-0.2, 0) is 6.61 Å². The molecular weight excluding hydrogens is 379 g/mol. The molecular formula is C14H11Br2ClO. The first kappa shape index (κ1) is 13.9. The Bertz CT molecular complexity index is 518. The van der Waals surface area contributed by atoms with Crippen molar-refractivity contribution < 1.29 is 4.74 Å². The Kier molecular flexibility index (Phi) is 4.71. The summed E-state index contributed by atoms with van der Waals surface area (Å²) in [6, 6.07) is 11.8. The lowest BCUT2D eigenvalue weighted by atomic mass is 10.2. The number of hydrogen-bond donors (Lipinski definition) is 0. The van der Waals surface area contributed by atoms with Crippen molar-refractivity contribution in [1.82, 2.24) is 0 Å². The van der Waals surface area contributed by atoms with Crippen molar-refractivity contribution in [1.29, 1.82) is 0 Å². The summed E-state index contributed by atoms with van der Waals surface area (Å²) in [7, 11) is 0. The minimum atomic E-state index is 0.452. The third-order valence-corrected chi connectivity index (χ3v) is 3.95. The predicted octanol–water partition coefficient (Wildman–Crippen LogP) is 5.75. The molecule has 1 nitrogen and oxygen atoms in total. The lowest BCUT2D eigenvalue weighted by molar-refractivity contribution is 0.304. The predicted molar refractivity (Wildman–Crippen MR) is 82.4 cm³/mol. The number of halogens is 3. The van der Waals surface area contributed by atoms with Crippen molar-refractivity contribution in [3.05, 3.63) is 61.5 Å². The molecule has 0 heterocycles. The van der Waals surface area contributed by atoms with E-state index >= 15 is 0 Å². The molecule has 0 saturated carbocycles. The summed E-state index contributed by atoms with van der Waals surface area (Å²) in [6.45, 7) is 2.49. The molecule has 2 rings (SSSR count). The van der Waals surface area contributed by atoms with Gasteiger partial charge in [0.25, 0.3) is 0 Å². The number of rotatable bonds is 3. The molecule has 0 aliphatic rings. The van der Waals surface area contributed by atoms with E-state index in [1.165, 1.54) is 5.56 Å². The van der Waals surface area contributed by atoms with E-state index in [-0.39, 0.29) is 0 Å². The molecule has 4 heteroatoms. The number of hydrogen-bond acceptors (Lipinski definition) is 1. The van der Waals surface area contributed by atoms with E-state index < -0.39 is 0 Å². The van der Waals surface area contributed by atoms with Gasteiger partial charge >= 0.3 is 0 Å². The average Bonchev–Trinajstić information content (AvgIpc) is 2.30. The highest BCUT2D eigenvalue weighted by Gasteiger charge is 2.05. The summed E-state index contributed by atoms with van der Waals surface area (Å²) in [5.41, 5.74) is 2.16. The fourth-order valence-corrected chi connectivity index (χ4v) is 2.85. The Morgan fingerprint density at radius 2 is 1.89 bits per heavy atom. The molecule has 0 saturated heterocycles. The van der Waals surface area contributed by atoms with Crippen LogP contribution < -0.4 is 4.74 Å². The molecule has 0 aromatic heterocycles. The van der Waals surface area contributed by atoms with Crippen LogP contribution in [0.3, 0.4) is 0 Å². The Labute approximate surface area is 128 Å². The van der Waals surface area contributed by atoms with E-state index in [1.807, 2.05) is 43.3 Å². The molecule has 0 atom stereocenters. The summed E-state index contributed by atoms with van der Waals surface area (Å²) in [4.78, 5) is 0. The third kappa shape index (κ3) is 3.50. The minimum absolute atomic E-state index is 0.452. The van der Waals surface area contributed by atoms with Gasteiger partial charge < -0.3 is 4.74 Å². The SMILES string of the molecule is Cc1ccc(OCc2ccc(Br)cc2Cl)c(Br)c1. The first-order valence-corrected chi connectivity index (χ1v) is 7.35. The van der Waals surface area contributed by atoms with Gasteiger partial charge in [0, 0.05) is 15.1 Å². The molecule has 18 heavy (non-hydrogen) atoms. The van der Waals surface area contributed by atoms with Crippen molar-refractivity contribution >= 4 is 43.5 Å². The normalized spacial score (nSPS) is 10.4. The first-order valence-electron chi connectivity index (χ1n) is 5.39. The second-order valence-corrected chi connectivity index (χ2v) is 6.14. The maximum Gasteiger partial charge on any atom is 0.134 e. The highest BCUT2D eigenvalue weighted by Crippen LogP contribution is 2.28. The van der Waals surface area contributed by atoms with Crippen molar-refractivity contribution in [3.63, 3.8) is 0 Å². The fourth-order valence-electron chi connectivity index (χ4n) is 1.52. The van der Waals surface area contributed by atoms with Crippen LogP contribution in [-0.4, -0.2) is 0 Å². The third-order valence-electron chi connectivity index (χ3n) is 2.49. The quantitative estimate of drug-likeness (QED) is 0.648. The van der Waals surface area contributed by atoms with Crippen molar-refractivity contribution in [2.75, 3.05) is 0 Å². The molecule has 0 amide bonds. The van der Waals surface area contributed by atoms with Crippen LogP contribution in [0.25, 0.3) is 0 Å². The van der Waals surface area contributed by atoms with Gasteiger partial charge in [-0.3, -0.25) is 0 Å². The van der Waals surface area contributed by atoms with Gasteiger partial charge in [0.15, 0.2) is 0 Å². The molecule has 2 aromatic carbocycles. The first-order chi connectivity index (χ1) is 8.56. The van der Waals surface area contributed by atoms with Crippen LogP contribution in [0.5, 0.6) is 5.75 Å². The van der Waals surface area contributed by atoms with E-state index in [9.17, 15) is 0 Å². The second-order valence-electron chi connectivity index (χ2n) is 3.96. The van der Waals surface area contributed by atoms with Crippen LogP contribution in [0.1, 0.15) is 11.1 Å². The van der Waals surface area contributed by atoms with Crippen molar-refractivity contribution in [2.45, 2.75) is 13.5 Å². The standard InChI is InChI=1S/C14H11Br2ClO/c1-9-2-5-14(12(16)6-9)18-8-10-3-4-11(15)7-13(10)17/h2-7H,8H2,1H3. The Hall–Kier alpha value is -0.510. The summed E-state index contributed by atoms with van der Waals surface area (Å²) in [6.07, 6.45) is 0.